The summed E-state index contributed by atoms with van der Waals surface area (Å²) in [4.78, 5) is 19.1. The van der Waals surface area contributed by atoms with Crippen molar-refractivity contribution in [2.45, 2.75) is 53.2 Å². The molecule has 1 unspecified atom stereocenters. The fourth-order valence-electron chi connectivity index (χ4n) is 2.02. The van der Waals surface area contributed by atoms with Gasteiger partial charge in [0.15, 0.2) is 0 Å². The van der Waals surface area contributed by atoms with Crippen LogP contribution in [-0.4, -0.2) is 23.1 Å². The van der Waals surface area contributed by atoms with Gasteiger partial charge >= 0.3 is 0 Å². The van der Waals surface area contributed by atoms with Crippen LogP contribution in [0.25, 0.3) is 0 Å². The van der Waals surface area contributed by atoms with Crippen molar-refractivity contribution in [2.75, 3.05) is 13.2 Å². The van der Waals surface area contributed by atoms with Gasteiger partial charge in [-0.05, 0) is 25.8 Å². The maximum Gasteiger partial charge on any atom is 0.251 e. The first kappa shape index (κ1) is 16.9. The van der Waals surface area contributed by atoms with E-state index in [2.05, 4.69) is 36.1 Å². The van der Waals surface area contributed by atoms with E-state index in [1.165, 1.54) is 0 Å². The number of nitrogens with one attached hydrogen (secondary N) is 2. The summed E-state index contributed by atoms with van der Waals surface area (Å²) in [7, 11) is 0. The molecule has 0 saturated carbocycles. The third-order valence-electron chi connectivity index (χ3n) is 2.90. The number of aromatic amines is 1. The van der Waals surface area contributed by atoms with E-state index < -0.39 is 0 Å². The van der Waals surface area contributed by atoms with Gasteiger partial charge in [0.2, 0.25) is 0 Å². The lowest BCUT2D eigenvalue weighted by Crippen LogP contribution is -2.23. The summed E-state index contributed by atoms with van der Waals surface area (Å²) < 4.78 is 5.67. The lowest BCUT2D eigenvalue weighted by Gasteiger charge is -2.16. The van der Waals surface area contributed by atoms with Crippen LogP contribution in [0, 0.1) is 5.92 Å². The molecule has 0 aliphatic heterocycles. The summed E-state index contributed by atoms with van der Waals surface area (Å²) >= 11 is 0. The van der Waals surface area contributed by atoms with Crippen LogP contribution in [0.1, 0.15) is 58.2 Å². The maximum atomic E-state index is 11.7. The molecule has 1 atom stereocenters. The molecule has 0 saturated heterocycles. The first-order valence-corrected chi connectivity index (χ1v) is 7.49. The van der Waals surface area contributed by atoms with Crippen LogP contribution in [0.2, 0.25) is 0 Å². The Balaban J connectivity index is 2.80. The molecule has 0 bridgehead atoms. The molecule has 1 heterocycles. The molecule has 5 nitrogen and oxygen atoms in total. The van der Waals surface area contributed by atoms with Crippen molar-refractivity contribution < 1.29 is 4.74 Å². The molecule has 0 aliphatic rings. The quantitative estimate of drug-likeness (QED) is 0.729. The first-order valence-electron chi connectivity index (χ1n) is 7.49. The molecular formula is C15H27N3O2. The van der Waals surface area contributed by atoms with Crippen molar-refractivity contribution in [2.24, 2.45) is 5.92 Å². The van der Waals surface area contributed by atoms with Crippen molar-refractivity contribution in [3.05, 3.63) is 27.9 Å². The molecule has 0 amide bonds. The average Bonchev–Trinajstić information content (AvgIpc) is 2.37. The number of H-pyrrole nitrogens is 1. The van der Waals surface area contributed by atoms with Gasteiger partial charge in [-0.1, -0.05) is 27.2 Å². The number of nitrogens with zero attached hydrogens (tertiary/aromatic N) is 1. The predicted molar refractivity (Wildman–Crippen MR) is 80.7 cm³/mol. The molecule has 0 fully saturated rings. The van der Waals surface area contributed by atoms with E-state index >= 15 is 0 Å². The van der Waals surface area contributed by atoms with Crippen molar-refractivity contribution in [3.8, 4) is 0 Å². The molecule has 2 N–H and O–H groups in total. The van der Waals surface area contributed by atoms with Crippen molar-refractivity contribution in [3.63, 3.8) is 0 Å². The minimum atomic E-state index is -0.122. The molecule has 114 valence electrons. The van der Waals surface area contributed by atoms with Crippen LogP contribution in [0.4, 0.5) is 0 Å². The minimum Gasteiger partial charge on any atom is -0.371 e. The third kappa shape index (κ3) is 5.84. The second-order valence-electron chi connectivity index (χ2n) is 5.38. The summed E-state index contributed by atoms with van der Waals surface area (Å²) in [5.41, 5.74) is 0.655. The largest absolute Gasteiger partial charge is 0.371 e. The van der Waals surface area contributed by atoms with Crippen LogP contribution >= 0.6 is 0 Å². The Hall–Kier alpha value is -1.20. The van der Waals surface area contributed by atoms with E-state index in [-0.39, 0.29) is 11.7 Å². The first-order chi connectivity index (χ1) is 9.56. The van der Waals surface area contributed by atoms with Crippen LogP contribution in [0.15, 0.2) is 10.9 Å². The zero-order valence-electron chi connectivity index (χ0n) is 13.0. The van der Waals surface area contributed by atoms with Gasteiger partial charge in [0.05, 0.1) is 5.69 Å². The van der Waals surface area contributed by atoms with E-state index in [0.29, 0.717) is 24.9 Å². The fourth-order valence-corrected chi connectivity index (χ4v) is 2.02. The highest BCUT2D eigenvalue weighted by Gasteiger charge is 2.14. The summed E-state index contributed by atoms with van der Waals surface area (Å²) in [6.07, 6.45) is 1.73. The van der Waals surface area contributed by atoms with Gasteiger partial charge in [0.1, 0.15) is 11.9 Å². The van der Waals surface area contributed by atoms with Crippen LogP contribution < -0.4 is 10.9 Å². The number of aromatic nitrogens is 2. The molecular weight excluding hydrogens is 254 g/mol. The third-order valence-corrected chi connectivity index (χ3v) is 2.90. The second kappa shape index (κ2) is 8.87. The molecule has 0 aliphatic carbocycles. The van der Waals surface area contributed by atoms with Gasteiger partial charge in [-0.25, -0.2) is 4.98 Å². The Kier molecular flexibility index (Phi) is 7.47. The SMILES string of the molecule is CCCC(OCC)c1nc(CNCC(C)C)cc(=O)[nH]1. The summed E-state index contributed by atoms with van der Waals surface area (Å²) in [6, 6.07) is 1.55. The molecule has 0 radical (unpaired) electrons. The van der Waals surface area contributed by atoms with E-state index in [9.17, 15) is 4.79 Å². The van der Waals surface area contributed by atoms with Crippen molar-refractivity contribution in [1.29, 1.82) is 0 Å². The topological polar surface area (TPSA) is 67.0 Å². The number of ether oxygens (including phenoxy) is 1. The molecule has 20 heavy (non-hydrogen) atoms. The molecule has 0 aromatic carbocycles. The Morgan fingerprint density at radius 2 is 2.15 bits per heavy atom. The summed E-state index contributed by atoms with van der Waals surface area (Å²) in [5.74, 6) is 1.22. The number of rotatable bonds is 9. The van der Waals surface area contributed by atoms with E-state index in [1.807, 2.05) is 6.92 Å². The van der Waals surface area contributed by atoms with Gasteiger partial charge in [0, 0.05) is 19.2 Å². The van der Waals surface area contributed by atoms with E-state index in [4.69, 9.17) is 4.74 Å². The highest BCUT2D eigenvalue weighted by Crippen LogP contribution is 2.18. The van der Waals surface area contributed by atoms with Gasteiger partial charge < -0.3 is 15.0 Å². The molecule has 1 aromatic heterocycles. The van der Waals surface area contributed by atoms with Crippen LogP contribution in [0.5, 0.6) is 0 Å². The average molecular weight is 281 g/mol. The standard InChI is InChI=1S/C15H27N3O2/c1-5-7-13(20-6-2)15-17-12(8-14(19)18-15)10-16-9-11(3)4/h8,11,13,16H,5-7,9-10H2,1-4H3,(H,17,18,19). The number of hydrogen-bond donors (Lipinski definition) is 2. The highest BCUT2D eigenvalue weighted by atomic mass is 16.5. The van der Waals surface area contributed by atoms with Crippen LogP contribution in [0.3, 0.4) is 0 Å². The van der Waals surface area contributed by atoms with Crippen LogP contribution in [-0.2, 0) is 11.3 Å². The second-order valence-corrected chi connectivity index (χ2v) is 5.38. The molecule has 1 rings (SSSR count). The fraction of sp³-hybridized carbons (Fsp3) is 0.733. The Bertz CT molecular complexity index is 437. The van der Waals surface area contributed by atoms with Gasteiger partial charge in [-0.3, -0.25) is 4.79 Å². The minimum absolute atomic E-state index is 0.114. The monoisotopic (exact) mass is 281 g/mol. The van der Waals surface area contributed by atoms with E-state index in [1.54, 1.807) is 6.07 Å². The van der Waals surface area contributed by atoms with E-state index in [0.717, 1.165) is 25.1 Å². The zero-order chi connectivity index (χ0) is 15.0. The summed E-state index contributed by atoms with van der Waals surface area (Å²) in [6.45, 7) is 10.5. The molecule has 0 spiro atoms. The number of hydrogen-bond acceptors (Lipinski definition) is 4. The highest BCUT2D eigenvalue weighted by molar-refractivity contribution is 5.04. The molecule has 1 aromatic rings. The normalized spacial score (nSPS) is 12.8. The Morgan fingerprint density at radius 1 is 1.40 bits per heavy atom. The summed E-state index contributed by atoms with van der Waals surface area (Å²) in [5, 5.41) is 3.30. The molecule has 5 heteroatoms. The lowest BCUT2D eigenvalue weighted by atomic mass is 10.2. The van der Waals surface area contributed by atoms with Gasteiger partial charge in [-0.2, -0.15) is 0 Å². The Morgan fingerprint density at radius 3 is 2.75 bits per heavy atom. The predicted octanol–water partition coefficient (Wildman–Crippen LogP) is 2.39. The lowest BCUT2D eigenvalue weighted by molar-refractivity contribution is 0.0490. The van der Waals surface area contributed by atoms with Gasteiger partial charge in [-0.15, -0.1) is 0 Å². The van der Waals surface area contributed by atoms with Crippen molar-refractivity contribution >= 4 is 0 Å². The van der Waals surface area contributed by atoms with Crippen molar-refractivity contribution in [1.82, 2.24) is 15.3 Å². The Labute approximate surface area is 121 Å². The smallest absolute Gasteiger partial charge is 0.251 e. The zero-order valence-corrected chi connectivity index (χ0v) is 13.0. The maximum absolute atomic E-state index is 11.7. The van der Waals surface area contributed by atoms with Gasteiger partial charge in [0.25, 0.3) is 5.56 Å².